The van der Waals surface area contributed by atoms with E-state index >= 15 is 0 Å². The van der Waals surface area contributed by atoms with Crippen molar-refractivity contribution in [1.29, 1.82) is 0 Å². The van der Waals surface area contributed by atoms with Gasteiger partial charge in [0.15, 0.2) is 5.58 Å². The number of oxazole rings is 1. The van der Waals surface area contributed by atoms with Crippen LogP contribution in [0.4, 0.5) is 0 Å². The number of carbonyl (C=O) groups is 1. The van der Waals surface area contributed by atoms with Crippen LogP contribution in [0.3, 0.4) is 0 Å². The minimum absolute atomic E-state index is 0.208. The van der Waals surface area contributed by atoms with Gasteiger partial charge in [0.05, 0.1) is 5.56 Å². The van der Waals surface area contributed by atoms with Crippen molar-refractivity contribution in [2.75, 3.05) is 0 Å². The van der Waals surface area contributed by atoms with Gasteiger partial charge in [0, 0.05) is 5.56 Å². The van der Waals surface area contributed by atoms with Crippen molar-refractivity contribution in [2.45, 2.75) is 0 Å². The van der Waals surface area contributed by atoms with E-state index in [1.54, 1.807) is 24.3 Å². The lowest BCUT2D eigenvalue weighted by Crippen LogP contribution is -1.95. The number of rotatable bonds is 3. The summed E-state index contributed by atoms with van der Waals surface area (Å²) in [5.41, 5.74) is 4.42. The summed E-state index contributed by atoms with van der Waals surface area (Å²) in [5.74, 6) is -0.558. The molecule has 3 aromatic carbocycles. The van der Waals surface area contributed by atoms with E-state index in [1.165, 1.54) is 0 Å². The molecule has 116 valence electrons. The van der Waals surface area contributed by atoms with Gasteiger partial charge < -0.3 is 9.52 Å². The number of aromatic nitrogens is 1. The highest BCUT2D eigenvalue weighted by molar-refractivity contribution is 5.89. The molecule has 0 spiro atoms. The lowest BCUT2D eigenvalue weighted by molar-refractivity contribution is 0.0697. The zero-order chi connectivity index (χ0) is 16.5. The van der Waals surface area contributed by atoms with Gasteiger partial charge >= 0.3 is 5.97 Å². The van der Waals surface area contributed by atoms with Crippen molar-refractivity contribution in [3.8, 4) is 22.6 Å². The molecule has 0 amide bonds. The molecule has 0 saturated heterocycles. The molecular weight excluding hydrogens is 302 g/mol. The number of carboxylic acid groups (broad SMARTS) is 1. The molecule has 1 aromatic heterocycles. The number of fused-ring (bicyclic) bond motifs is 1. The molecule has 4 nitrogen and oxygen atoms in total. The van der Waals surface area contributed by atoms with Crippen molar-refractivity contribution in [3.63, 3.8) is 0 Å². The summed E-state index contributed by atoms with van der Waals surface area (Å²) in [5, 5.41) is 9.11. The van der Waals surface area contributed by atoms with E-state index in [0.29, 0.717) is 17.0 Å². The predicted octanol–water partition coefficient (Wildman–Crippen LogP) is 4.86. The summed E-state index contributed by atoms with van der Waals surface area (Å²) in [6.45, 7) is 0. The molecule has 0 aliphatic heterocycles. The van der Waals surface area contributed by atoms with Gasteiger partial charge in [-0.2, -0.15) is 0 Å². The van der Waals surface area contributed by atoms with Crippen LogP contribution in [0.2, 0.25) is 0 Å². The van der Waals surface area contributed by atoms with E-state index < -0.39 is 5.97 Å². The molecule has 4 aromatic rings. The first-order valence-corrected chi connectivity index (χ1v) is 7.50. The zero-order valence-electron chi connectivity index (χ0n) is 12.6. The Labute approximate surface area is 138 Å². The third-order valence-electron chi connectivity index (χ3n) is 3.85. The molecule has 24 heavy (non-hydrogen) atoms. The van der Waals surface area contributed by atoms with Crippen LogP contribution in [-0.4, -0.2) is 16.1 Å². The molecule has 1 N–H and O–H groups in total. The van der Waals surface area contributed by atoms with Gasteiger partial charge in [-0.25, -0.2) is 9.78 Å². The Morgan fingerprint density at radius 2 is 1.62 bits per heavy atom. The molecule has 0 unspecified atom stereocenters. The molecule has 0 aliphatic carbocycles. The lowest BCUT2D eigenvalue weighted by atomic mass is 10.1. The van der Waals surface area contributed by atoms with Crippen LogP contribution >= 0.6 is 0 Å². The standard InChI is InChI=1S/C20H13NO3/c22-20(23)16-8-4-7-15(11-16)19-21-17-10-9-14(12-18(17)24-19)13-5-2-1-3-6-13/h1-12H,(H,22,23). The molecule has 0 saturated carbocycles. The van der Waals surface area contributed by atoms with E-state index in [-0.39, 0.29) is 5.56 Å². The van der Waals surface area contributed by atoms with Gasteiger partial charge in [0.2, 0.25) is 5.89 Å². The van der Waals surface area contributed by atoms with Crippen molar-refractivity contribution in [3.05, 3.63) is 78.4 Å². The Morgan fingerprint density at radius 1 is 0.833 bits per heavy atom. The number of benzene rings is 3. The maximum absolute atomic E-state index is 11.1. The maximum atomic E-state index is 11.1. The average Bonchev–Trinajstić information content (AvgIpc) is 3.06. The normalized spacial score (nSPS) is 10.8. The van der Waals surface area contributed by atoms with E-state index in [0.717, 1.165) is 16.6 Å². The fourth-order valence-electron chi connectivity index (χ4n) is 2.64. The Morgan fingerprint density at radius 3 is 2.42 bits per heavy atom. The minimum Gasteiger partial charge on any atom is -0.478 e. The summed E-state index contributed by atoms with van der Waals surface area (Å²) in [6, 6.07) is 22.5. The first-order chi connectivity index (χ1) is 11.7. The van der Waals surface area contributed by atoms with Crippen LogP contribution < -0.4 is 0 Å². The number of hydrogen-bond donors (Lipinski definition) is 1. The van der Waals surface area contributed by atoms with Crippen LogP contribution in [0, 0.1) is 0 Å². The van der Waals surface area contributed by atoms with E-state index in [9.17, 15) is 4.79 Å². The zero-order valence-corrected chi connectivity index (χ0v) is 12.6. The molecule has 0 bridgehead atoms. The summed E-state index contributed by atoms with van der Waals surface area (Å²) in [4.78, 5) is 15.6. The highest BCUT2D eigenvalue weighted by Gasteiger charge is 2.11. The summed E-state index contributed by atoms with van der Waals surface area (Å²) >= 11 is 0. The topological polar surface area (TPSA) is 63.3 Å². The molecule has 0 aliphatic rings. The second-order valence-corrected chi connectivity index (χ2v) is 5.45. The Hall–Kier alpha value is -3.40. The van der Waals surface area contributed by atoms with Gasteiger partial charge in [0.25, 0.3) is 0 Å². The minimum atomic E-state index is -0.973. The average molecular weight is 315 g/mol. The number of carboxylic acids is 1. The predicted molar refractivity (Wildman–Crippen MR) is 91.8 cm³/mol. The van der Waals surface area contributed by atoms with Gasteiger partial charge in [-0.3, -0.25) is 0 Å². The molecule has 4 heteroatoms. The number of hydrogen-bond acceptors (Lipinski definition) is 3. The van der Waals surface area contributed by atoms with Gasteiger partial charge in [0.1, 0.15) is 5.52 Å². The van der Waals surface area contributed by atoms with E-state index in [4.69, 9.17) is 9.52 Å². The Balaban J connectivity index is 1.79. The van der Waals surface area contributed by atoms with Gasteiger partial charge in [-0.1, -0.05) is 42.5 Å². The second kappa shape index (κ2) is 5.66. The second-order valence-electron chi connectivity index (χ2n) is 5.45. The van der Waals surface area contributed by atoms with Crippen molar-refractivity contribution >= 4 is 17.1 Å². The lowest BCUT2D eigenvalue weighted by Gasteiger charge is -1.99. The number of nitrogens with zero attached hydrogens (tertiary/aromatic N) is 1. The summed E-state index contributed by atoms with van der Waals surface area (Å²) in [7, 11) is 0. The van der Waals surface area contributed by atoms with Gasteiger partial charge in [-0.15, -0.1) is 0 Å². The van der Waals surface area contributed by atoms with Crippen molar-refractivity contribution in [1.82, 2.24) is 4.98 Å². The van der Waals surface area contributed by atoms with Gasteiger partial charge in [-0.05, 0) is 41.5 Å². The van der Waals surface area contributed by atoms with E-state index in [1.807, 2.05) is 48.5 Å². The molecule has 0 fully saturated rings. The fourth-order valence-corrected chi connectivity index (χ4v) is 2.64. The number of aromatic carboxylic acids is 1. The Kier molecular flexibility index (Phi) is 3.35. The van der Waals surface area contributed by atoms with Crippen LogP contribution in [0.1, 0.15) is 10.4 Å². The SMILES string of the molecule is O=C(O)c1cccc(-c2nc3ccc(-c4ccccc4)cc3o2)c1. The Bertz CT molecular complexity index is 1040. The molecule has 0 atom stereocenters. The molecule has 1 heterocycles. The smallest absolute Gasteiger partial charge is 0.335 e. The molecule has 0 radical (unpaired) electrons. The highest BCUT2D eigenvalue weighted by Crippen LogP contribution is 2.28. The molecule has 4 rings (SSSR count). The highest BCUT2D eigenvalue weighted by atomic mass is 16.4. The van der Waals surface area contributed by atoms with Crippen LogP contribution in [0.25, 0.3) is 33.7 Å². The quantitative estimate of drug-likeness (QED) is 0.586. The van der Waals surface area contributed by atoms with Crippen molar-refractivity contribution < 1.29 is 14.3 Å². The summed E-state index contributed by atoms with van der Waals surface area (Å²) in [6.07, 6.45) is 0. The van der Waals surface area contributed by atoms with Crippen molar-refractivity contribution in [2.24, 2.45) is 0 Å². The van der Waals surface area contributed by atoms with Crippen LogP contribution in [0.15, 0.2) is 77.2 Å². The third-order valence-corrected chi connectivity index (χ3v) is 3.85. The first-order valence-electron chi connectivity index (χ1n) is 7.50. The summed E-state index contributed by atoms with van der Waals surface area (Å²) < 4.78 is 5.85. The maximum Gasteiger partial charge on any atom is 0.335 e. The van der Waals surface area contributed by atoms with Crippen LogP contribution in [0.5, 0.6) is 0 Å². The first kappa shape index (κ1) is 14.2. The monoisotopic (exact) mass is 315 g/mol. The fraction of sp³-hybridized carbons (Fsp3) is 0. The largest absolute Gasteiger partial charge is 0.478 e. The van der Waals surface area contributed by atoms with E-state index in [2.05, 4.69) is 4.98 Å². The molecular formula is C20H13NO3. The third kappa shape index (κ3) is 2.54. The van der Waals surface area contributed by atoms with Crippen LogP contribution in [-0.2, 0) is 0 Å².